The van der Waals surface area contributed by atoms with Gasteiger partial charge in [-0.05, 0) is 75.8 Å². The standard InChI is InChI=1S/C46H30N2O/c1-4-12-31(13-5-1)37-26-38(32-14-6-2-7-15-32)28-39(27-37)33-20-22-34(23-21-33)42-30-43(48-46(47-42)35-16-8-3-9-17-35)36-24-25-41-40-18-10-11-19-44(40)49-45(41)29-36/h1-30H. The summed E-state index contributed by atoms with van der Waals surface area (Å²) in [5.41, 5.74) is 13.5. The Labute approximate surface area is 284 Å². The van der Waals surface area contributed by atoms with E-state index in [-0.39, 0.29) is 0 Å². The third kappa shape index (κ3) is 5.58. The van der Waals surface area contributed by atoms with Crippen molar-refractivity contribution in [2.24, 2.45) is 0 Å². The number of para-hydroxylation sites is 1. The van der Waals surface area contributed by atoms with E-state index < -0.39 is 0 Å². The number of furan rings is 1. The van der Waals surface area contributed by atoms with Crippen LogP contribution in [0.25, 0.3) is 89.2 Å². The first-order chi connectivity index (χ1) is 24.2. The third-order valence-electron chi connectivity index (χ3n) is 9.09. The molecular formula is C46H30N2O. The summed E-state index contributed by atoms with van der Waals surface area (Å²) < 4.78 is 6.23. The van der Waals surface area contributed by atoms with Gasteiger partial charge in [-0.1, -0.05) is 140 Å². The Morgan fingerprint density at radius 1 is 0.286 bits per heavy atom. The van der Waals surface area contributed by atoms with Gasteiger partial charge in [-0.15, -0.1) is 0 Å². The van der Waals surface area contributed by atoms with Crippen LogP contribution in [0.15, 0.2) is 186 Å². The Morgan fingerprint density at radius 3 is 1.35 bits per heavy atom. The van der Waals surface area contributed by atoms with Gasteiger partial charge in [-0.2, -0.15) is 0 Å². The van der Waals surface area contributed by atoms with Crippen LogP contribution in [0.1, 0.15) is 0 Å². The lowest BCUT2D eigenvalue weighted by atomic mass is 9.93. The molecule has 0 unspecified atom stereocenters. The van der Waals surface area contributed by atoms with Crippen LogP contribution in [0.5, 0.6) is 0 Å². The molecular weight excluding hydrogens is 597 g/mol. The van der Waals surface area contributed by atoms with Crippen molar-refractivity contribution < 1.29 is 4.42 Å². The van der Waals surface area contributed by atoms with E-state index in [1.165, 1.54) is 27.8 Å². The highest BCUT2D eigenvalue weighted by Crippen LogP contribution is 2.36. The molecule has 2 heterocycles. The van der Waals surface area contributed by atoms with E-state index in [1.807, 2.05) is 36.4 Å². The van der Waals surface area contributed by atoms with E-state index in [4.69, 9.17) is 14.4 Å². The smallest absolute Gasteiger partial charge is 0.160 e. The van der Waals surface area contributed by atoms with Crippen LogP contribution in [0.3, 0.4) is 0 Å². The lowest BCUT2D eigenvalue weighted by Gasteiger charge is -2.12. The van der Waals surface area contributed by atoms with Crippen molar-refractivity contribution >= 4 is 21.9 Å². The average Bonchev–Trinajstić information content (AvgIpc) is 3.57. The summed E-state index contributed by atoms with van der Waals surface area (Å²) in [6.45, 7) is 0. The number of benzene rings is 7. The number of fused-ring (bicyclic) bond motifs is 3. The number of rotatable bonds is 6. The minimum absolute atomic E-state index is 0.685. The normalized spacial score (nSPS) is 11.3. The molecule has 230 valence electrons. The minimum atomic E-state index is 0.685. The zero-order chi connectivity index (χ0) is 32.6. The number of hydrogen-bond acceptors (Lipinski definition) is 3. The lowest BCUT2D eigenvalue weighted by molar-refractivity contribution is 0.669. The topological polar surface area (TPSA) is 38.9 Å². The zero-order valence-electron chi connectivity index (χ0n) is 26.6. The summed E-state index contributed by atoms with van der Waals surface area (Å²) in [6, 6.07) is 63.4. The number of nitrogens with zero attached hydrogens (tertiary/aromatic N) is 2. The van der Waals surface area contributed by atoms with Crippen molar-refractivity contribution in [1.29, 1.82) is 0 Å². The quantitative estimate of drug-likeness (QED) is 0.184. The zero-order valence-corrected chi connectivity index (χ0v) is 26.6. The van der Waals surface area contributed by atoms with Crippen LogP contribution >= 0.6 is 0 Å². The highest BCUT2D eigenvalue weighted by atomic mass is 16.3. The second-order valence-electron chi connectivity index (χ2n) is 12.2. The van der Waals surface area contributed by atoms with Gasteiger partial charge in [0.05, 0.1) is 11.4 Å². The molecule has 0 bridgehead atoms. The maximum Gasteiger partial charge on any atom is 0.160 e. The highest BCUT2D eigenvalue weighted by Gasteiger charge is 2.14. The highest BCUT2D eigenvalue weighted by molar-refractivity contribution is 6.05. The Morgan fingerprint density at radius 2 is 0.735 bits per heavy atom. The van der Waals surface area contributed by atoms with Crippen molar-refractivity contribution in [3.63, 3.8) is 0 Å². The Bertz CT molecular complexity index is 2510. The molecule has 49 heavy (non-hydrogen) atoms. The molecule has 0 radical (unpaired) electrons. The van der Waals surface area contributed by atoms with E-state index >= 15 is 0 Å². The first kappa shape index (κ1) is 28.6. The van der Waals surface area contributed by atoms with Crippen LogP contribution < -0.4 is 0 Å². The lowest BCUT2D eigenvalue weighted by Crippen LogP contribution is -1.96. The van der Waals surface area contributed by atoms with Gasteiger partial charge in [0.2, 0.25) is 0 Å². The first-order valence-electron chi connectivity index (χ1n) is 16.5. The molecule has 0 fully saturated rings. The molecule has 0 amide bonds. The van der Waals surface area contributed by atoms with Crippen molar-refractivity contribution in [1.82, 2.24) is 9.97 Å². The molecule has 0 N–H and O–H groups in total. The fraction of sp³-hybridized carbons (Fsp3) is 0. The Balaban J connectivity index is 1.13. The molecule has 9 aromatic rings. The fourth-order valence-electron chi connectivity index (χ4n) is 6.57. The largest absolute Gasteiger partial charge is 0.456 e. The summed E-state index contributed by atoms with van der Waals surface area (Å²) >= 11 is 0. The molecule has 0 aliphatic carbocycles. The fourth-order valence-corrected chi connectivity index (χ4v) is 6.57. The first-order valence-corrected chi connectivity index (χ1v) is 16.5. The van der Waals surface area contributed by atoms with Gasteiger partial charge in [-0.25, -0.2) is 9.97 Å². The minimum Gasteiger partial charge on any atom is -0.456 e. The Hall–Kier alpha value is -6.58. The predicted octanol–water partition coefficient (Wildman–Crippen LogP) is 12.4. The SMILES string of the molecule is c1ccc(-c2cc(-c3ccccc3)cc(-c3ccc(-c4cc(-c5ccc6c(c5)oc5ccccc56)nc(-c5ccccc5)n4)cc3)c2)cc1. The second-order valence-corrected chi connectivity index (χ2v) is 12.2. The molecule has 0 aliphatic rings. The number of aromatic nitrogens is 2. The van der Waals surface area contributed by atoms with Gasteiger partial charge in [0.15, 0.2) is 5.82 Å². The predicted molar refractivity (Wildman–Crippen MR) is 202 cm³/mol. The van der Waals surface area contributed by atoms with Crippen LogP contribution in [0, 0.1) is 0 Å². The van der Waals surface area contributed by atoms with E-state index in [2.05, 4.69) is 146 Å². The molecule has 0 saturated heterocycles. The average molecular weight is 627 g/mol. The molecule has 9 rings (SSSR count). The molecule has 0 aliphatic heterocycles. The summed E-state index contributed by atoms with van der Waals surface area (Å²) in [6.07, 6.45) is 0. The maximum absolute atomic E-state index is 6.23. The van der Waals surface area contributed by atoms with Crippen LogP contribution in [0.2, 0.25) is 0 Å². The van der Waals surface area contributed by atoms with Crippen molar-refractivity contribution in [3.8, 4) is 67.3 Å². The van der Waals surface area contributed by atoms with Gasteiger partial charge in [0.25, 0.3) is 0 Å². The third-order valence-corrected chi connectivity index (χ3v) is 9.09. The molecule has 0 atom stereocenters. The van der Waals surface area contributed by atoms with Gasteiger partial charge in [0.1, 0.15) is 11.2 Å². The Kier molecular flexibility index (Phi) is 7.14. The summed E-state index contributed by atoms with van der Waals surface area (Å²) in [5, 5.41) is 2.21. The van der Waals surface area contributed by atoms with Crippen LogP contribution in [0.4, 0.5) is 0 Å². The monoisotopic (exact) mass is 626 g/mol. The van der Waals surface area contributed by atoms with Crippen molar-refractivity contribution in [3.05, 3.63) is 182 Å². The van der Waals surface area contributed by atoms with Crippen LogP contribution in [-0.4, -0.2) is 9.97 Å². The molecule has 2 aromatic heterocycles. The molecule has 3 heteroatoms. The molecule has 3 nitrogen and oxygen atoms in total. The van der Waals surface area contributed by atoms with Gasteiger partial charge < -0.3 is 4.42 Å². The number of hydrogen-bond donors (Lipinski definition) is 0. The van der Waals surface area contributed by atoms with Crippen LogP contribution in [-0.2, 0) is 0 Å². The van der Waals surface area contributed by atoms with E-state index in [1.54, 1.807) is 0 Å². The van der Waals surface area contributed by atoms with Gasteiger partial charge in [-0.3, -0.25) is 0 Å². The summed E-state index contributed by atoms with van der Waals surface area (Å²) in [7, 11) is 0. The summed E-state index contributed by atoms with van der Waals surface area (Å²) in [5.74, 6) is 0.685. The second kappa shape index (κ2) is 12.2. The molecule has 0 spiro atoms. The van der Waals surface area contributed by atoms with E-state index in [0.717, 1.165) is 55.6 Å². The van der Waals surface area contributed by atoms with Gasteiger partial charge >= 0.3 is 0 Å². The molecule has 0 saturated carbocycles. The molecule has 7 aromatic carbocycles. The van der Waals surface area contributed by atoms with E-state index in [9.17, 15) is 0 Å². The maximum atomic E-state index is 6.23. The van der Waals surface area contributed by atoms with Gasteiger partial charge in [0, 0.05) is 27.5 Å². The van der Waals surface area contributed by atoms with E-state index in [0.29, 0.717) is 5.82 Å². The van der Waals surface area contributed by atoms with Crippen molar-refractivity contribution in [2.75, 3.05) is 0 Å². The van der Waals surface area contributed by atoms with Crippen molar-refractivity contribution in [2.45, 2.75) is 0 Å². The summed E-state index contributed by atoms with van der Waals surface area (Å²) in [4.78, 5) is 10.1.